The topological polar surface area (TPSA) is 77.4 Å². The third-order valence-corrected chi connectivity index (χ3v) is 6.87. The second kappa shape index (κ2) is 7.43. The lowest BCUT2D eigenvalue weighted by Crippen LogP contribution is -2.52. The minimum Gasteiger partial charge on any atom is -0.497 e. The molecule has 3 aromatic rings. The molecule has 0 radical (unpaired) electrons. The fraction of sp³-hybridized carbons (Fsp3) is 0.308. The van der Waals surface area contributed by atoms with Gasteiger partial charge in [0, 0.05) is 18.1 Å². The summed E-state index contributed by atoms with van der Waals surface area (Å²) in [7, 11) is 4.70. The molecule has 2 N–H and O–H groups in total. The van der Waals surface area contributed by atoms with Crippen LogP contribution in [0.5, 0.6) is 23.0 Å². The molecule has 1 aliphatic carbocycles. The van der Waals surface area contributed by atoms with Gasteiger partial charge in [-0.1, -0.05) is 42.5 Å². The molecule has 1 fully saturated rings. The Morgan fingerprint density at radius 1 is 0.875 bits per heavy atom. The Kier molecular flexibility index (Phi) is 4.80. The largest absolute Gasteiger partial charge is 0.497 e. The highest BCUT2D eigenvalue weighted by Crippen LogP contribution is 2.68. The van der Waals surface area contributed by atoms with Gasteiger partial charge in [0.2, 0.25) is 0 Å². The van der Waals surface area contributed by atoms with Crippen molar-refractivity contribution >= 4 is 0 Å². The van der Waals surface area contributed by atoms with Crippen LogP contribution >= 0.6 is 0 Å². The monoisotopic (exact) mass is 434 g/mol. The van der Waals surface area contributed by atoms with E-state index < -0.39 is 17.3 Å². The molecular formula is C26H26O6. The first-order valence-electron chi connectivity index (χ1n) is 10.5. The molecular weight excluding hydrogens is 408 g/mol. The Morgan fingerprint density at radius 2 is 1.56 bits per heavy atom. The molecule has 0 unspecified atom stereocenters. The second-order valence-electron chi connectivity index (χ2n) is 8.25. The van der Waals surface area contributed by atoms with E-state index in [4.69, 9.17) is 18.9 Å². The van der Waals surface area contributed by atoms with Gasteiger partial charge < -0.3 is 29.2 Å². The van der Waals surface area contributed by atoms with Crippen LogP contribution in [0.25, 0.3) is 0 Å². The van der Waals surface area contributed by atoms with Gasteiger partial charge in [-0.25, -0.2) is 0 Å². The molecule has 0 aromatic heterocycles. The van der Waals surface area contributed by atoms with Crippen molar-refractivity contribution in [2.45, 2.75) is 29.6 Å². The number of ether oxygens (including phenoxy) is 4. The predicted octanol–water partition coefficient (Wildman–Crippen LogP) is 3.74. The number of aliphatic hydroxyl groups is 2. The summed E-state index contributed by atoms with van der Waals surface area (Å²) in [5.74, 6) is 1.75. The van der Waals surface area contributed by atoms with E-state index in [1.54, 1.807) is 26.4 Å². The van der Waals surface area contributed by atoms with Gasteiger partial charge in [0.15, 0.2) is 11.2 Å². The van der Waals surface area contributed by atoms with Gasteiger partial charge in [-0.3, -0.25) is 0 Å². The number of methoxy groups -OCH3 is 3. The van der Waals surface area contributed by atoms with E-state index in [0.717, 1.165) is 11.1 Å². The molecule has 0 spiro atoms. The van der Waals surface area contributed by atoms with Crippen molar-refractivity contribution in [2.75, 3.05) is 21.3 Å². The lowest BCUT2D eigenvalue weighted by Gasteiger charge is -2.40. The summed E-state index contributed by atoms with van der Waals surface area (Å²) in [6, 6.07) is 20.7. The van der Waals surface area contributed by atoms with E-state index in [1.807, 2.05) is 54.6 Å². The Morgan fingerprint density at radius 3 is 2.19 bits per heavy atom. The van der Waals surface area contributed by atoms with Gasteiger partial charge in [-0.05, 0) is 29.7 Å². The fourth-order valence-electron chi connectivity index (χ4n) is 5.42. The van der Waals surface area contributed by atoms with Crippen LogP contribution in [0.4, 0.5) is 0 Å². The SMILES string of the molecule is COc1ccc([C@]23Oc4cc(OC)cc(OC)c4[C@@]2(O)[C@@H](O)C[C@@H]3c2ccccc2)cc1. The number of aliphatic hydroxyl groups excluding tert-OH is 1. The standard InChI is InChI=1S/C26H26O6/c1-29-18-11-9-17(10-12-18)26-20(16-7-5-4-6-8-16)15-23(27)25(26,28)24-21(31-3)13-19(30-2)14-22(24)32-26/h4-14,20,23,27-28H,15H2,1-3H3/t20-,23+,25+,26-/m1/s1. The summed E-state index contributed by atoms with van der Waals surface area (Å²) in [6.07, 6.45) is -0.764. The molecule has 1 aliphatic heterocycles. The summed E-state index contributed by atoms with van der Waals surface area (Å²) >= 11 is 0. The van der Waals surface area contributed by atoms with Gasteiger partial charge in [0.25, 0.3) is 0 Å². The first-order valence-corrected chi connectivity index (χ1v) is 10.5. The van der Waals surface area contributed by atoms with E-state index in [0.29, 0.717) is 35.0 Å². The van der Waals surface area contributed by atoms with E-state index in [1.165, 1.54) is 7.11 Å². The highest BCUT2D eigenvalue weighted by atomic mass is 16.5. The van der Waals surface area contributed by atoms with Crippen LogP contribution in [-0.4, -0.2) is 37.6 Å². The van der Waals surface area contributed by atoms with Gasteiger partial charge in [-0.15, -0.1) is 0 Å². The second-order valence-corrected chi connectivity index (χ2v) is 8.25. The molecule has 5 rings (SSSR count). The average molecular weight is 434 g/mol. The maximum atomic E-state index is 12.4. The van der Waals surface area contributed by atoms with Crippen molar-refractivity contribution in [1.29, 1.82) is 0 Å². The summed E-state index contributed by atoms with van der Waals surface area (Å²) in [4.78, 5) is 0. The van der Waals surface area contributed by atoms with E-state index in [-0.39, 0.29) is 5.92 Å². The predicted molar refractivity (Wildman–Crippen MR) is 119 cm³/mol. The molecule has 0 amide bonds. The molecule has 1 heterocycles. The highest BCUT2D eigenvalue weighted by Gasteiger charge is 2.73. The third-order valence-electron chi connectivity index (χ3n) is 6.87. The van der Waals surface area contributed by atoms with Crippen LogP contribution in [0.2, 0.25) is 0 Å². The minimum atomic E-state index is -1.74. The lowest BCUT2D eigenvalue weighted by molar-refractivity contribution is -0.150. The molecule has 0 saturated heterocycles. The van der Waals surface area contributed by atoms with Crippen LogP contribution in [-0.2, 0) is 11.2 Å². The Labute approximate surface area is 186 Å². The molecule has 4 atom stereocenters. The van der Waals surface area contributed by atoms with Crippen molar-refractivity contribution in [3.8, 4) is 23.0 Å². The zero-order chi connectivity index (χ0) is 22.5. The van der Waals surface area contributed by atoms with Crippen LogP contribution < -0.4 is 18.9 Å². The number of rotatable bonds is 5. The molecule has 6 nitrogen and oxygen atoms in total. The van der Waals surface area contributed by atoms with Crippen LogP contribution in [0, 0.1) is 0 Å². The van der Waals surface area contributed by atoms with Gasteiger partial charge in [0.1, 0.15) is 23.0 Å². The number of benzene rings is 3. The quantitative estimate of drug-likeness (QED) is 0.637. The molecule has 1 saturated carbocycles. The number of fused-ring (bicyclic) bond motifs is 3. The van der Waals surface area contributed by atoms with Crippen molar-refractivity contribution in [1.82, 2.24) is 0 Å². The summed E-state index contributed by atoms with van der Waals surface area (Å²) in [5.41, 5.74) is -0.875. The summed E-state index contributed by atoms with van der Waals surface area (Å²) in [5, 5.41) is 23.7. The average Bonchev–Trinajstić information content (AvgIpc) is 3.24. The van der Waals surface area contributed by atoms with E-state index in [9.17, 15) is 10.2 Å². The zero-order valence-electron chi connectivity index (χ0n) is 18.2. The zero-order valence-corrected chi connectivity index (χ0v) is 18.2. The van der Waals surface area contributed by atoms with Crippen molar-refractivity contribution in [2.24, 2.45) is 0 Å². The highest BCUT2D eigenvalue weighted by molar-refractivity contribution is 5.62. The minimum absolute atomic E-state index is 0.319. The maximum Gasteiger partial charge on any atom is 0.176 e. The summed E-state index contributed by atoms with van der Waals surface area (Å²) in [6.45, 7) is 0. The van der Waals surface area contributed by atoms with Crippen LogP contribution in [0.3, 0.4) is 0 Å². The van der Waals surface area contributed by atoms with Crippen LogP contribution in [0.15, 0.2) is 66.7 Å². The lowest BCUT2D eigenvalue weighted by atomic mass is 9.71. The third kappa shape index (κ3) is 2.60. The van der Waals surface area contributed by atoms with E-state index >= 15 is 0 Å². The molecule has 3 aromatic carbocycles. The summed E-state index contributed by atoms with van der Waals surface area (Å²) < 4.78 is 23.1. The number of hydrogen-bond donors (Lipinski definition) is 2. The van der Waals surface area contributed by atoms with Gasteiger partial charge in [0.05, 0.1) is 33.0 Å². The molecule has 2 aliphatic rings. The smallest absolute Gasteiger partial charge is 0.176 e. The van der Waals surface area contributed by atoms with Crippen LogP contribution in [0.1, 0.15) is 29.0 Å². The van der Waals surface area contributed by atoms with E-state index in [2.05, 4.69) is 0 Å². The first kappa shape index (κ1) is 20.7. The van der Waals surface area contributed by atoms with Gasteiger partial charge in [-0.2, -0.15) is 0 Å². The normalized spacial score (nSPS) is 27.9. The molecule has 166 valence electrons. The molecule has 32 heavy (non-hydrogen) atoms. The first-order chi connectivity index (χ1) is 15.5. The van der Waals surface area contributed by atoms with Crippen molar-refractivity contribution in [3.05, 3.63) is 83.4 Å². The number of hydrogen-bond acceptors (Lipinski definition) is 6. The maximum absolute atomic E-state index is 12.4. The van der Waals surface area contributed by atoms with Crippen molar-refractivity contribution < 1.29 is 29.2 Å². The molecule has 6 heteroatoms. The Bertz CT molecular complexity index is 1130. The molecule has 0 bridgehead atoms. The van der Waals surface area contributed by atoms with Gasteiger partial charge >= 0.3 is 0 Å². The Balaban J connectivity index is 1.80. The van der Waals surface area contributed by atoms with Crippen molar-refractivity contribution in [3.63, 3.8) is 0 Å². The fourth-order valence-corrected chi connectivity index (χ4v) is 5.42. The Hall–Kier alpha value is -3.22.